The van der Waals surface area contributed by atoms with Crippen LogP contribution in [0.5, 0.6) is 11.5 Å². The summed E-state index contributed by atoms with van der Waals surface area (Å²) < 4.78 is 28.3. The zero-order valence-electron chi connectivity index (χ0n) is 11.3. The molecule has 0 radical (unpaired) electrons. The Kier molecular flexibility index (Phi) is 3.69. The molecule has 0 saturated carbocycles. The minimum absolute atomic E-state index is 0.0365. The van der Waals surface area contributed by atoms with Crippen molar-refractivity contribution in [2.75, 3.05) is 5.73 Å². The molecular formula is C14H16N2O3S. The molecule has 0 aliphatic heterocycles. The first-order valence-electron chi connectivity index (χ1n) is 5.95. The van der Waals surface area contributed by atoms with Crippen molar-refractivity contribution in [3.05, 3.63) is 47.5 Å². The van der Waals surface area contributed by atoms with Crippen molar-refractivity contribution in [2.24, 2.45) is 5.14 Å². The molecule has 20 heavy (non-hydrogen) atoms. The minimum atomic E-state index is -3.78. The summed E-state index contributed by atoms with van der Waals surface area (Å²) in [6.45, 7) is 3.96. The molecule has 0 amide bonds. The van der Waals surface area contributed by atoms with Crippen LogP contribution in [0.25, 0.3) is 0 Å². The van der Waals surface area contributed by atoms with Crippen LogP contribution in [0.15, 0.2) is 41.3 Å². The molecule has 6 heteroatoms. The number of aryl methyl sites for hydroxylation is 2. The van der Waals surface area contributed by atoms with Crippen molar-refractivity contribution >= 4 is 15.7 Å². The number of benzene rings is 2. The molecule has 0 aliphatic carbocycles. The summed E-state index contributed by atoms with van der Waals surface area (Å²) in [5.74, 6) is 0.853. The zero-order valence-corrected chi connectivity index (χ0v) is 12.1. The second-order valence-electron chi connectivity index (χ2n) is 4.59. The number of anilines is 1. The van der Waals surface area contributed by atoms with Crippen molar-refractivity contribution in [1.29, 1.82) is 0 Å². The highest BCUT2D eigenvalue weighted by molar-refractivity contribution is 7.89. The van der Waals surface area contributed by atoms with Crippen molar-refractivity contribution in [3.8, 4) is 11.5 Å². The van der Waals surface area contributed by atoms with Gasteiger partial charge in [-0.2, -0.15) is 0 Å². The summed E-state index contributed by atoms with van der Waals surface area (Å²) in [4.78, 5) is -0.0365. The van der Waals surface area contributed by atoms with E-state index in [0.717, 1.165) is 11.1 Å². The van der Waals surface area contributed by atoms with E-state index >= 15 is 0 Å². The summed E-state index contributed by atoms with van der Waals surface area (Å²) >= 11 is 0. The summed E-state index contributed by atoms with van der Waals surface area (Å²) in [5.41, 5.74) is 8.35. The Morgan fingerprint density at radius 2 is 1.70 bits per heavy atom. The van der Waals surface area contributed by atoms with Crippen LogP contribution in [0.4, 0.5) is 5.69 Å². The van der Waals surface area contributed by atoms with E-state index < -0.39 is 10.0 Å². The van der Waals surface area contributed by atoms with Crippen LogP contribution < -0.4 is 15.6 Å². The van der Waals surface area contributed by atoms with Crippen molar-refractivity contribution in [2.45, 2.75) is 18.7 Å². The molecule has 2 rings (SSSR count). The van der Waals surface area contributed by atoms with Gasteiger partial charge in [0.05, 0.1) is 10.6 Å². The predicted octanol–water partition coefficient (Wildman–Crippen LogP) is 2.33. The van der Waals surface area contributed by atoms with Gasteiger partial charge in [-0.25, -0.2) is 13.6 Å². The van der Waals surface area contributed by atoms with Gasteiger partial charge in [0.25, 0.3) is 0 Å². The molecule has 2 aromatic rings. The number of primary sulfonamides is 1. The van der Waals surface area contributed by atoms with E-state index in [1.165, 1.54) is 18.2 Å². The molecule has 0 aromatic heterocycles. The predicted molar refractivity (Wildman–Crippen MR) is 78.2 cm³/mol. The largest absolute Gasteiger partial charge is 0.455 e. The van der Waals surface area contributed by atoms with Gasteiger partial charge in [-0.1, -0.05) is 6.07 Å². The van der Waals surface area contributed by atoms with Gasteiger partial charge in [-0.05, 0) is 49.2 Å². The highest BCUT2D eigenvalue weighted by Gasteiger charge is 2.12. The maximum absolute atomic E-state index is 11.3. The minimum Gasteiger partial charge on any atom is -0.455 e. The molecule has 0 spiro atoms. The Morgan fingerprint density at radius 3 is 2.30 bits per heavy atom. The molecule has 2 aromatic carbocycles. The lowest BCUT2D eigenvalue weighted by atomic mass is 10.1. The maximum atomic E-state index is 11.3. The van der Waals surface area contributed by atoms with E-state index in [9.17, 15) is 8.42 Å². The lowest BCUT2D eigenvalue weighted by Gasteiger charge is -2.11. The second kappa shape index (κ2) is 5.15. The number of hydrogen-bond donors (Lipinski definition) is 2. The van der Waals surface area contributed by atoms with Gasteiger partial charge in [0.1, 0.15) is 5.75 Å². The molecule has 106 valence electrons. The molecule has 0 heterocycles. The first-order chi connectivity index (χ1) is 9.27. The number of rotatable bonds is 3. The summed E-state index contributed by atoms with van der Waals surface area (Å²) in [6.07, 6.45) is 0. The first kappa shape index (κ1) is 14.4. The zero-order chi connectivity index (χ0) is 14.9. The molecule has 0 unspecified atom stereocenters. The first-order valence-corrected chi connectivity index (χ1v) is 7.49. The van der Waals surface area contributed by atoms with Gasteiger partial charge in [0.15, 0.2) is 5.75 Å². The third-order valence-corrected chi connectivity index (χ3v) is 3.93. The van der Waals surface area contributed by atoms with Crippen LogP contribution in [0.3, 0.4) is 0 Å². The fourth-order valence-electron chi connectivity index (χ4n) is 1.68. The summed E-state index contributed by atoms with van der Waals surface area (Å²) in [7, 11) is -3.78. The standard InChI is InChI=1S/C14H16N2O3S/c1-9-3-4-11(7-10(9)2)19-14-8-12(20(16,17)18)5-6-13(14)15/h3-8H,15H2,1-2H3,(H2,16,17,18). The van der Waals surface area contributed by atoms with Gasteiger partial charge >= 0.3 is 0 Å². The topological polar surface area (TPSA) is 95.4 Å². The SMILES string of the molecule is Cc1ccc(Oc2cc(S(N)(=O)=O)ccc2N)cc1C. The summed E-state index contributed by atoms with van der Waals surface area (Å²) in [6, 6.07) is 9.70. The van der Waals surface area contributed by atoms with Crippen molar-refractivity contribution in [1.82, 2.24) is 0 Å². The number of sulfonamides is 1. The molecule has 0 aliphatic rings. The third-order valence-electron chi connectivity index (χ3n) is 3.02. The van der Waals surface area contributed by atoms with E-state index in [0.29, 0.717) is 11.4 Å². The van der Waals surface area contributed by atoms with Crippen LogP contribution >= 0.6 is 0 Å². The smallest absolute Gasteiger partial charge is 0.238 e. The Morgan fingerprint density at radius 1 is 1.00 bits per heavy atom. The van der Waals surface area contributed by atoms with Crippen molar-refractivity contribution < 1.29 is 13.2 Å². The van der Waals surface area contributed by atoms with Crippen molar-refractivity contribution in [3.63, 3.8) is 0 Å². The third kappa shape index (κ3) is 3.09. The van der Waals surface area contributed by atoms with Crippen LogP contribution in [-0.2, 0) is 10.0 Å². The number of nitrogen functional groups attached to an aromatic ring is 1. The summed E-state index contributed by atoms with van der Waals surface area (Å²) in [5, 5.41) is 5.09. The lowest BCUT2D eigenvalue weighted by molar-refractivity contribution is 0.482. The average Bonchev–Trinajstić information content (AvgIpc) is 2.35. The second-order valence-corrected chi connectivity index (χ2v) is 6.15. The quantitative estimate of drug-likeness (QED) is 0.849. The highest BCUT2D eigenvalue weighted by atomic mass is 32.2. The van der Waals surface area contributed by atoms with E-state index in [1.54, 1.807) is 6.07 Å². The fourth-order valence-corrected chi connectivity index (χ4v) is 2.21. The number of nitrogens with two attached hydrogens (primary N) is 2. The lowest BCUT2D eigenvalue weighted by Crippen LogP contribution is -2.12. The van der Waals surface area contributed by atoms with Gasteiger partial charge in [-0.15, -0.1) is 0 Å². The molecule has 4 N–H and O–H groups in total. The maximum Gasteiger partial charge on any atom is 0.238 e. The van der Waals surface area contributed by atoms with Gasteiger partial charge in [-0.3, -0.25) is 0 Å². The molecule has 0 bridgehead atoms. The molecular weight excluding hydrogens is 276 g/mol. The Bertz CT molecular complexity index is 755. The number of ether oxygens (including phenoxy) is 1. The van der Waals surface area contributed by atoms with Crippen LogP contribution in [0, 0.1) is 13.8 Å². The fraction of sp³-hybridized carbons (Fsp3) is 0.143. The van der Waals surface area contributed by atoms with E-state index in [1.807, 2.05) is 26.0 Å². The van der Waals surface area contributed by atoms with E-state index in [4.69, 9.17) is 15.6 Å². The molecule has 5 nitrogen and oxygen atoms in total. The molecule has 0 atom stereocenters. The average molecular weight is 292 g/mol. The van der Waals surface area contributed by atoms with E-state index in [-0.39, 0.29) is 10.6 Å². The van der Waals surface area contributed by atoms with Gasteiger partial charge < -0.3 is 10.5 Å². The van der Waals surface area contributed by atoms with E-state index in [2.05, 4.69) is 0 Å². The highest BCUT2D eigenvalue weighted by Crippen LogP contribution is 2.30. The van der Waals surface area contributed by atoms with Crippen LogP contribution in [-0.4, -0.2) is 8.42 Å². The van der Waals surface area contributed by atoms with Gasteiger partial charge in [0.2, 0.25) is 10.0 Å². The van der Waals surface area contributed by atoms with Crippen LogP contribution in [0.1, 0.15) is 11.1 Å². The Balaban J connectivity index is 2.40. The monoisotopic (exact) mass is 292 g/mol. The molecule has 0 fully saturated rings. The molecule has 0 saturated heterocycles. The Labute approximate surface area is 118 Å². The van der Waals surface area contributed by atoms with Crippen LogP contribution in [0.2, 0.25) is 0 Å². The van der Waals surface area contributed by atoms with Gasteiger partial charge in [0, 0.05) is 6.07 Å². The Hall–Kier alpha value is -2.05. The normalized spacial score (nSPS) is 11.3. The number of hydrogen-bond acceptors (Lipinski definition) is 4.